The monoisotopic (exact) mass is 390 g/mol. The van der Waals surface area contributed by atoms with Gasteiger partial charge in [-0.3, -0.25) is 9.79 Å². The fourth-order valence-corrected chi connectivity index (χ4v) is 3.50. The normalized spacial score (nSPS) is 13.5. The number of carbonyl (C=O) groups excluding carboxylic acids is 1. The predicted octanol–water partition coefficient (Wildman–Crippen LogP) is 5.44. The number of pyridine rings is 1. The molecule has 0 amide bonds. The Hall–Kier alpha value is -2.98. The molecule has 0 unspecified atom stereocenters. The maximum atomic E-state index is 12.5. The van der Waals surface area contributed by atoms with Crippen LogP contribution in [0.15, 0.2) is 65.8 Å². The van der Waals surface area contributed by atoms with Crippen LogP contribution in [0.1, 0.15) is 24.5 Å². The van der Waals surface area contributed by atoms with E-state index in [-0.39, 0.29) is 12.2 Å². The number of rotatable bonds is 4. The van der Waals surface area contributed by atoms with Gasteiger partial charge in [0.2, 0.25) is 0 Å². The molecule has 28 heavy (non-hydrogen) atoms. The number of carbonyl (C=O) groups is 1. The first-order chi connectivity index (χ1) is 13.6. The van der Waals surface area contributed by atoms with Gasteiger partial charge in [-0.1, -0.05) is 29.8 Å². The van der Waals surface area contributed by atoms with Crippen molar-refractivity contribution in [3.8, 4) is 16.9 Å². The van der Waals surface area contributed by atoms with Gasteiger partial charge < -0.3 is 4.74 Å². The fraction of sp³-hybridized carbons (Fsp3) is 0.174. The number of nitrogens with zero attached hydrogens (tertiary/aromatic N) is 2. The molecule has 0 aliphatic carbocycles. The SMILES string of the molecule is CCOc1ccc(-c2ccc3c(c2)CC(=O)CC(c2ccnc(Cl)c2)=N3)cc1. The third-order valence-corrected chi connectivity index (χ3v) is 4.85. The van der Waals surface area contributed by atoms with Crippen LogP contribution in [0.4, 0.5) is 5.69 Å². The summed E-state index contributed by atoms with van der Waals surface area (Å²) in [5, 5.41) is 0.392. The van der Waals surface area contributed by atoms with Gasteiger partial charge in [-0.15, -0.1) is 0 Å². The van der Waals surface area contributed by atoms with Crippen LogP contribution in [0.5, 0.6) is 5.75 Å². The molecule has 140 valence electrons. The van der Waals surface area contributed by atoms with Gasteiger partial charge in [-0.05, 0) is 60.0 Å². The van der Waals surface area contributed by atoms with Crippen LogP contribution in [0.25, 0.3) is 11.1 Å². The van der Waals surface area contributed by atoms with E-state index < -0.39 is 0 Å². The van der Waals surface area contributed by atoms with E-state index >= 15 is 0 Å². The number of aliphatic imine (C=N–C) groups is 1. The highest BCUT2D eigenvalue weighted by Crippen LogP contribution is 2.31. The van der Waals surface area contributed by atoms with Crippen molar-refractivity contribution >= 4 is 28.8 Å². The van der Waals surface area contributed by atoms with Crippen LogP contribution in [-0.4, -0.2) is 23.1 Å². The summed E-state index contributed by atoms with van der Waals surface area (Å²) < 4.78 is 5.50. The summed E-state index contributed by atoms with van der Waals surface area (Å²) in [6.07, 6.45) is 2.28. The Bertz CT molecular complexity index is 1060. The minimum Gasteiger partial charge on any atom is -0.494 e. The van der Waals surface area contributed by atoms with Crippen LogP contribution in [-0.2, 0) is 11.2 Å². The van der Waals surface area contributed by atoms with Crippen molar-refractivity contribution in [1.82, 2.24) is 4.98 Å². The molecule has 1 aromatic heterocycles. The van der Waals surface area contributed by atoms with Crippen molar-refractivity contribution in [2.45, 2.75) is 19.8 Å². The molecule has 0 radical (unpaired) electrons. The largest absolute Gasteiger partial charge is 0.494 e. The number of hydrogen-bond acceptors (Lipinski definition) is 4. The highest BCUT2D eigenvalue weighted by atomic mass is 35.5. The Morgan fingerprint density at radius 2 is 1.75 bits per heavy atom. The lowest BCUT2D eigenvalue weighted by Crippen LogP contribution is -2.09. The van der Waals surface area contributed by atoms with Gasteiger partial charge in [0, 0.05) is 24.6 Å². The number of benzene rings is 2. The molecule has 2 aromatic carbocycles. The molecule has 0 atom stereocenters. The quantitative estimate of drug-likeness (QED) is 0.557. The first kappa shape index (κ1) is 18.4. The van der Waals surface area contributed by atoms with E-state index in [1.54, 1.807) is 12.3 Å². The van der Waals surface area contributed by atoms with Gasteiger partial charge in [-0.2, -0.15) is 0 Å². The van der Waals surface area contributed by atoms with Crippen LogP contribution < -0.4 is 4.74 Å². The summed E-state index contributed by atoms with van der Waals surface area (Å²) in [6.45, 7) is 2.61. The average Bonchev–Trinajstić information content (AvgIpc) is 2.86. The van der Waals surface area contributed by atoms with Gasteiger partial charge in [0.25, 0.3) is 0 Å². The van der Waals surface area contributed by atoms with Gasteiger partial charge >= 0.3 is 0 Å². The third-order valence-electron chi connectivity index (χ3n) is 4.65. The summed E-state index contributed by atoms with van der Waals surface area (Å²) in [6, 6.07) is 17.6. The molecule has 0 saturated carbocycles. The van der Waals surface area contributed by atoms with Crippen molar-refractivity contribution in [3.63, 3.8) is 0 Å². The third kappa shape index (κ3) is 3.97. The molecule has 0 spiro atoms. The van der Waals surface area contributed by atoms with E-state index in [0.717, 1.165) is 39.4 Å². The predicted molar refractivity (Wildman–Crippen MR) is 112 cm³/mol. The molecule has 1 aliphatic rings. The summed E-state index contributed by atoms with van der Waals surface area (Å²) in [4.78, 5) is 21.3. The van der Waals surface area contributed by atoms with Gasteiger partial charge in [0.05, 0.1) is 18.0 Å². The molecular formula is C23H19ClN2O2. The zero-order valence-corrected chi connectivity index (χ0v) is 16.2. The molecule has 0 bridgehead atoms. The maximum absolute atomic E-state index is 12.5. The first-order valence-corrected chi connectivity index (χ1v) is 9.57. The summed E-state index contributed by atoms with van der Waals surface area (Å²) in [5.74, 6) is 0.982. The second-order valence-corrected chi connectivity index (χ2v) is 7.01. The Balaban J connectivity index is 1.70. The average molecular weight is 391 g/mol. The van der Waals surface area contributed by atoms with Crippen LogP contribution >= 0.6 is 11.6 Å². The summed E-state index contributed by atoms with van der Waals surface area (Å²) >= 11 is 6.00. The van der Waals surface area contributed by atoms with Crippen molar-refractivity contribution in [2.24, 2.45) is 4.99 Å². The molecule has 1 aliphatic heterocycles. The van der Waals surface area contributed by atoms with E-state index in [4.69, 9.17) is 21.3 Å². The lowest BCUT2D eigenvalue weighted by atomic mass is 9.98. The van der Waals surface area contributed by atoms with E-state index in [1.807, 2.05) is 49.4 Å². The van der Waals surface area contributed by atoms with Gasteiger partial charge in [0.15, 0.2) is 0 Å². The van der Waals surface area contributed by atoms with Crippen LogP contribution in [0, 0.1) is 0 Å². The number of ketones is 1. The van der Waals surface area contributed by atoms with Crippen molar-refractivity contribution in [3.05, 3.63) is 77.1 Å². The number of Topliss-reactive ketones (excluding diaryl/α,β-unsaturated/α-hetero) is 1. The maximum Gasteiger partial charge on any atom is 0.143 e. The number of aromatic nitrogens is 1. The van der Waals surface area contributed by atoms with Gasteiger partial charge in [-0.25, -0.2) is 4.98 Å². The van der Waals surface area contributed by atoms with Crippen molar-refractivity contribution in [2.75, 3.05) is 6.61 Å². The Kier molecular flexibility index (Phi) is 5.22. The number of fused-ring (bicyclic) bond motifs is 1. The summed E-state index contributed by atoms with van der Waals surface area (Å²) in [5.41, 5.74) is 5.45. The van der Waals surface area contributed by atoms with Gasteiger partial charge in [0.1, 0.15) is 16.7 Å². The smallest absolute Gasteiger partial charge is 0.143 e. The molecule has 0 saturated heterocycles. The number of halogens is 1. The first-order valence-electron chi connectivity index (χ1n) is 9.20. The van der Waals surface area contributed by atoms with E-state index in [1.165, 1.54) is 0 Å². The standard InChI is InChI=1S/C23H19ClN2O2/c1-2-28-20-6-3-15(4-7-20)16-5-8-21-18(11-16)12-19(27)14-22(26-21)17-9-10-25-23(24)13-17/h3-11,13H,2,12,14H2,1H3. The zero-order chi connectivity index (χ0) is 19.5. The Morgan fingerprint density at radius 3 is 2.50 bits per heavy atom. The van der Waals surface area contributed by atoms with Crippen LogP contribution in [0.3, 0.4) is 0 Å². The number of ether oxygens (including phenoxy) is 1. The molecule has 5 heteroatoms. The van der Waals surface area contributed by atoms with Crippen molar-refractivity contribution < 1.29 is 9.53 Å². The second-order valence-electron chi connectivity index (χ2n) is 6.62. The molecule has 2 heterocycles. The minimum absolute atomic E-state index is 0.134. The lowest BCUT2D eigenvalue weighted by molar-refractivity contribution is -0.117. The number of hydrogen-bond donors (Lipinski definition) is 0. The van der Waals surface area contributed by atoms with Crippen LogP contribution in [0.2, 0.25) is 5.15 Å². The van der Waals surface area contributed by atoms with E-state index in [2.05, 4.69) is 11.1 Å². The topological polar surface area (TPSA) is 51.5 Å². The van der Waals surface area contributed by atoms with E-state index in [0.29, 0.717) is 18.2 Å². The lowest BCUT2D eigenvalue weighted by Gasteiger charge is -2.08. The van der Waals surface area contributed by atoms with E-state index in [9.17, 15) is 4.79 Å². The van der Waals surface area contributed by atoms with Crippen molar-refractivity contribution in [1.29, 1.82) is 0 Å². The zero-order valence-electron chi connectivity index (χ0n) is 15.5. The highest BCUT2D eigenvalue weighted by molar-refractivity contribution is 6.30. The highest BCUT2D eigenvalue weighted by Gasteiger charge is 2.18. The fourth-order valence-electron chi connectivity index (χ4n) is 3.32. The molecule has 4 rings (SSSR count). The minimum atomic E-state index is 0.134. The summed E-state index contributed by atoms with van der Waals surface area (Å²) in [7, 11) is 0. The Labute approximate surface area is 168 Å². The molecule has 4 nitrogen and oxygen atoms in total. The second kappa shape index (κ2) is 7.95. The molecule has 3 aromatic rings. The molecular weight excluding hydrogens is 372 g/mol. The Morgan fingerprint density at radius 1 is 0.964 bits per heavy atom. The molecule has 0 N–H and O–H groups in total. The molecule has 0 fully saturated rings.